The maximum atomic E-state index is 15.2. The van der Waals surface area contributed by atoms with Crippen LogP contribution in [0, 0.1) is 5.82 Å². The first-order valence-corrected chi connectivity index (χ1v) is 11.7. The number of hydrogen-bond donors (Lipinski definition) is 3. The highest BCUT2D eigenvalue weighted by molar-refractivity contribution is 6.16. The molecule has 0 saturated carbocycles. The predicted molar refractivity (Wildman–Crippen MR) is 133 cm³/mol. The lowest BCUT2D eigenvalue weighted by molar-refractivity contribution is -0.137. The summed E-state index contributed by atoms with van der Waals surface area (Å²) >= 11 is 0. The Bertz CT molecular complexity index is 1410. The van der Waals surface area contributed by atoms with E-state index in [0.717, 1.165) is 49.7 Å². The van der Waals surface area contributed by atoms with Crippen LogP contribution in [-0.2, 0) is 6.18 Å². The molecule has 3 aromatic rings. The largest absolute Gasteiger partial charge is 0.416 e. The van der Waals surface area contributed by atoms with Crippen molar-refractivity contribution in [1.82, 2.24) is 5.32 Å². The van der Waals surface area contributed by atoms with Crippen molar-refractivity contribution in [3.05, 3.63) is 82.7 Å². The third-order valence-electron chi connectivity index (χ3n) is 6.55. The van der Waals surface area contributed by atoms with Gasteiger partial charge >= 0.3 is 12.2 Å². The zero-order valence-corrected chi connectivity index (χ0v) is 19.5. The molecule has 1 saturated heterocycles. The Kier molecular flexibility index (Phi) is 6.51. The molecule has 3 N–H and O–H groups in total. The van der Waals surface area contributed by atoms with Gasteiger partial charge in [0.25, 0.3) is 5.91 Å². The minimum Gasteiger partial charge on any atom is -0.317 e. The number of carbonyl (C=O) groups excluding carboxylic acids is 2. The van der Waals surface area contributed by atoms with Crippen LogP contribution in [-0.4, -0.2) is 31.2 Å². The Labute approximate surface area is 209 Å². The normalized spacial score (nSPS) is 15.5. The molecule has 3 aromatic carbocycles. The summed E-state index contributed by atoms with van der Waals surface area (Å²) in [7, 11) is 0. The van der Waals surface area contributed by atoms with E-state index >= 15 is 4.39 Å². The van der Waals surface area contributed by atoms with Crippen LogP contribution in [0.4, 0.5) is 33.7 Å². The highest BCUT2D eigenvalue weighted by Crippen LogP contribution is 2.38. The van der Waals surface area contributed by atoms with Gasteiger partial charge in [0, 0.05) is 28.7 Å². The fourth-order valence-corrected chi connectivity index (χ4v) is 4.78. The summed E-state index contributed by atoms with van der Waals surface area (Å²) in [6.45, 7) is 1.72. The minimum atomic E-state index is -4.55. The van der Waals surface area contributed by atoms with E-state index in [4.69, 9.17) is 0 Å². The quantitative estimate of drug-likeness (QED) is 0.366. The summed E-state index contributed by atoms with van der Waals surface area (Å²) < 4.78 is 53.9. The molecule has 5 rings (SSSR count). The number of aliphatic imine (C=N–C) groups is 1. The lowest BCUT2D eigenvalue weighted by Crippen LogP contribution is -2.27. The molecule has 0 radical (unpaired) electrons. The van der Waals surface area contributed by atoms with Crippen molar-refractivity contribution in [2.45, 2.75) is 24.9 Å². The van der Waals surface area contributed by atoms with E-state index in [-0.39, 0.29) is 28.8 Å². The highest BCUT2D eigenvalue weighted by Gasteiger charge is 2.31. The Morgan fingerprint density at radius 3 is 2.35 bits per heavy atom. The van der Waals surface area contributed by atoms with E-state index in [2.05, 4.69) is 20.9 Å². The standard InChI is InChI=1S/C27H22F4N4O2/c28-23-13-18(35-26(37)34-17-3-1-2-16(12-17)27(29,30)31)4-5-21(23)20-7-6-19(15-8-10-32-11-9-15)24-22(20)14-33-25(24)36/h1-7,12-15,32H,8-11H2,(H2,34,35,37). The SMILES string of the molecule is O=C(Nc1cccc(C(F)(F)F)c1)Nc1ccc(-c2ccc(C3CCNCC3)c3c2C=NC3=O)c(F)c1. The first-order chi connectivity index (χ1) is 17.7. The topological polar surface area (TPSA) is 82.6 Å². The fraction of sp³-hybridized carbons (Fsp3) is 0.222. The van der Waals surface area contributed by atoms with Gasteiger partial charge in [0.2, 0.25) is 0 Å². The minimum absolute atomic E-state index is 0.0576. The number of urea groups is 1. The van der Waals surface area contributed by atoms with Crippen molar-refractivity contribution in [2.24, 2.45) is 4.99 Å². The van der Waals surface area contributed by atoms with Gasteiger partial charge in [0.15, 0.2) is 0 Å². The van der Waals surface area contributed by atoms with Crippen LogP contribution >= 0.6 is 0 Å². The lowest BCUT2D eigenvalue weighted by atomic mass is 9.83. The van der Waals surface area contributed by atoms with Gasteiger partial charge in [0.05, 0.1) is 11.1 Å². The van der Waals surface area contributed by atoms with Gasteiger partial charge in [-0.1, -0.05) is 18.2 Å². The van der Waals surface area contributed by atoms with E-state index in [1.54, 1.807) is 6.07 Å². The lowest BCUT2D eigenvalue weighted by Gasteiger charge is -2.25. The van der Waals surface area contributed by atoms with E-state index in [0.29, 0.717) is 16.7 Å². The smallest absolute Gasteiger partial charge is 0.317 e. The molecule has 3 amide bonds. The van der Waals surface area contributed by atoms with Crippen LogP contribution in [0.5, 0.6) is 0 Å². The Morgan fingerprint density at radius 1 is 0.946 bits per heavy atom. The van der Waals surface area contributed by atoms with Crippen LogP contribution in [0.1, 0.15) is 45.8 Å². The number of halogens is 4. The fourth-order valence-electron chi connectivity index (χ4n) is 4.78. The summed E-state index contributed by atoms with van der Waals surface area (Å²) in [5.74, 6) is -0.752. The van der Waals surface area contributed by atoms with E-state index in [1.807, 2.05) is 6.07 Å². The van der Waals surface area contributed by atoms with Gasteiger partial charge in [-0.05, 0) is 79.4 Å². The molecule has 0 aromatic heterocycles. The molecular weight excluding hydrogens is 488 g/mol. The first kappa shape index (κ1) is 24.6. The average molecular weight is 510 g/mol. The first-order valence-electron chi connectivity index (χ1n) is 11.7. The van der Waals surface area contributed by atoms with Crippen LogP contribution in [0.15, 0.2) is 59.6 Å². The second kappa shape index (κ2) is 9.78. The molecule has 0 aliphatic carbocycles. The molecular formula is C27H22F4N4O2. The summed E-state index contributed by atoms with van der Waals surface area (Å²) in [5.41, 5.74) is 1.90. The molecule has 37 heavy (non-hydrogen) atoms. The molecule has 0 spiro atoms. The van der Waals surface area contributed by atoms with E-state index in [9.17, 15) is 22.8 Å². The number of alkyl halides is 3. The number of anilines is 2. The maximum absolute atomic E-state index is 15.2. The van der Waals surface area contributed by atoms with Crippen LogP contribution < -0.4 is 16.0 Å². The van der Waals surface area contributed by atoms with E-state index < -0.39 is 23.6 Å². The predicted octanol–water partition coefficient (Wildman–Crippen LogP) is 6.20. The summed E-state index contributed by atoms with van der Waals surface area (Å²) in [4.78, 5) is 28.8. The van der Waals surface area contributed by atoms with Crippen molar-refractivity contribution in [3.63, 3.8) is 0 Å². The molecule has 6 nitrogen and oxygen atoms in total. The van der Waals surface area contributed by atoms with Crippen LogP contribution in [0.3, 0.4) is 0 Å². The molecule has 2 aliphatic heterocycles. The number of rotatable bonds is 4. The number of nitrogens with one attached hydrogen (secondary N) is 3. The van der Waals surface area contributed by atoms with Gasteiger partial charge in [-0.25, -0.2) is 14.2 Å². The molecule has 1 fully saturated rings. The summed E-state index contributed by atoms with van der Waals surface area (Å²) in [6.07, 6.45) is -1.28. The molecule has 0 bridgehead atoms. The van der Waals surface area contributed by atoms with Crippen molar-refractivity contribution < 1.29 is 27.2 Å². The number of carbonyl (C=O) groups is 2. The number of benzene rings is 3. The number of fused-ring (bicyclic) bond motifs is 1. The second-order valence-electron chi connectivity index (χ2n) is 8.93. The number of hydrogen-bond acceptors (Lipinski definition) is 3. The Balaban J connectivity index is 1.36. The third kappa shape index (κ3) is 5.10. The van der Waals surface area contributed by atoms with Crippen molar-refractivity contribution in [1.29, 1.82) is 0 Å². The van der Waals surface area contributed by atoms with Crippen LogP contribution in [0.25, 0.3) is 11.1 Å². The Hall–Kier alpha value is -4.05. The second-order valence-corrected chi connectivity index (χ2v) is 8.93. The Morgan fingerprint density at radius 2 is 1.65 bits per heavy atom. The van der Waals surface area contributed by atoms with Gasteiger partial charge in [-0.15, -0.1) is 0 Å². The average Bonchev–Trinajstić information content (AvgIpc) is 3.26. The highest BCUT2D eigenvalue weighted by atomic mass is 19.4. The van der Waals surface area contributed by atoms with Crippen LogP contribution in [0.2, 0.25) is 0 Å². The van der Waals surface area contributed by atoms with Crippen molar-refractivity contribution in [3.8, 4) is 11.1 Å². The van der Waals surface area contributed by atoms with Gasteiger partial charge < -0.3 is 16.0 Å². The monoisotopic (exact) mass is 510 g/mol. The van der Waals surface area contributed by atoms with E-state index in [1.165, 1.54) is 30.5 Å². The van der Waals surface area contributed by atoms with Crippen molar-refractivity contribution in [2.75, 3.05) is 23.7 Å². The van der Waals surface area contributed by atoms with Gasteiger partial charge in [-0.2, -0.15) is 13.2 Å². The molecule has 0 atom stereocenters. The van der Waals surface area contributed by atoms with Gasteiger partial charge in [-0.3, -0.25) is 4.79 Å². The zero-order chi connectivity index (χ0) is 26.2. The summed E-state index contributed by atoms with van der Waals surface area (Å²) in [6, 6.07) is 11.1. The maximum Gasteiger partial charge on any atom is 0.416 e. The number of amides is 3. The molecule has 2 heterocycles. The summed E-state index contributed by atoms with van der Waals surface area (Å²) in [5, 5.41) is 8.04. The molecule has 10 heteroatoms. The van der Waals surface area contributed by atoms with Crippen molar-refractivity contribution >= 4 is 29.5 Å². The number of nitrogens with zero attached hydrogens (tertiary/aromatic N) is 1. The molecule has 2 aliphatic rings. The van der Waals surface area contributed by atoms with Gasteiger partial charge in [0.1, 0.15) is 5.82 Å². The molecule has 190 valence electrons. The number of piperidine rings is 1. The zero-order valence-electron chi connectivity index (χ0n) is 19.5. The molecule has 0 unspecified atom stereocenters. The third-order valence-corrected chi connectivity index (χ3v) is 6.55.